The van der Waals surface area contributed by atoms with Crippen LogP contribution in [0.5, 0.6) is 11.5 Å². The molecule has 112 valence electrons. The molecule has 0 amide bonds. The van der Waals surface area contributed by atoms with E-state index in [-0.39, 0.29) is 0 Å². The van der Waals surface area contributed by atoms with Gasteiger partial charge in [0.05, 0.1) is 19.8 Å². The lowest BCUT2D eigenvalue weighted by atomic mass is 10.0. The van der Waals surface area contributed by atoms with Gasteiger partial charge in [-0.05, 0) is 48.4 Å². The van der Waals surface area contributed by atoms with Gasteiger partial charge in [-0.1, -0.05) is 28.1 Å². The van der Waals surface area contributed by atoms with E-state index in [0.29, 0.717) is 13.0 Å². The first-order valence-electron chi connectivity index (χ1n) is 6.87. The van der Waals surface area contributed by atoms with E-state index in [1.165, 1.54) is 0 Å². The monoisotopic (exact) mass is 350 g/mol. The van der Waals surface area contributed by atoms with Gasteiger partial charge in [-0.2, -0.15) is 0 Å². The molecule has 1 unspecified atom stereocenters. The predicted octanol–water partition coefficient (Wildman–Crippen LogP) is 4.13. The molecule has 0 aliphatic carbocycles. The Morgan fingerprint density at radius 2 is 1.86 bits per heavy atom. The lowest BCUT2D eigenvalue weighted by molar-refractivity contribution is 0.177. The quantitative estimate of drug-likeness (QED) is 0.850. The summed E-state index contributed by atoms with van der Waals surface area (Å²) in [6, 6.07) is 13.3. The molecule has 0 saturated carbocycles. The van der Waals surface area contributed by atoms with Crippen LogP contribution in [-0.4, -0.2) is 18.8 Å². The largest absolute Gasteiger partial charge is 0.496 e. The van der Waals surface area contributed by atoms with Gasteiger partial charge in [0, 0.05) is 10.9 Å². The number of rotatable bonds is 6. The zero-order valence-electron chi connectivity index (χ0n) is 12.2. The molecule has 0 saturated heterocycles. The Labute approximate surface area is 133 Å². The molecule has 4 heteroatoms. The van der Waals surface area contributed by atoms with Crippen molar-refractivity contribution in [3.05, 3.63) is 58.1 Å². The summed E-state index contributed by atoms with van der Waals surface area (Å²) in [5, 5.41) is 10.4. The molecule has 0 aliphatic rings. The molecule has 0 aromatic heterocycles. The van der Waals surface area contributed by atoms with Crippen LogP contribution in [0, 0.1) is 0 Å². The number of ether oxygens (including phenoxy) is 2. The van der Waals surface area contributed by atoms with Crippen molar-refractivity contribution in [3.8, 4) is 11.5 Å². The first-order chi connectivity index (χ1) is 10.1. The van der Waals surface area contributed by atoms with Gasteiger partial charge < -0.3 is 14.6 Å². The first kappa shape index (κ1) is 15.9. The van der Waals surface area contributed by atoms with E-state index in [4.69, 9.17) is 9.47 Å². The average Bonchev–Trinajstić information content (AvgIpc) is 2.48. The second-order valence-corrected chi connectivity index (χ2v) is 5.59. The summed E-state index contributed by atoms with van der Waals surface area (Å²) in [5.74, 6) is 1.59. The molecule has 0 aliphatic heterocycles. The topological polar surface area (TPSA) is 38.7 Å². The smallest absolute Gasteiger partial charge is 0.122 e. The fourth-order valence-corrected chi connectivity index (χ4v) is 2.59. The summed E-state index contributed by atoms with van der Waals surface area (Å²) < 4.78 is 11.7. The second-order valence-electron chi connectivity index (χ2n) is 4.68. The predicted molar refractivity (Wildman–Crippen MR) is 87.0 cm³/mol. The summed E-state index contributed by atoms with van der Waals surface area (Å²) in [4.78, 5) is 0. The maximum Gasteiger partial charge on any atom is 0.122 e. The SMILES string of the molecule is CCOc1ccc(C(O)Cc2cc(Br)ccc2OC)cc1. The minimum Gasteiger partial charge on any atom is -0.496 e. The Morgan fingerprint density at radius 3 is 2.48 bits per heavy atom. The number of methoxy groups -OCH3 is 1. The van der Waals surface area contributed by atoms with Crippen molar-refractivity contribution in [2.75, 3.05) is 13.7 Å². The zero-order chi connectivity index (χ0) is 15.2. The van der Waals surface area contributed by atoms with Crippen LogP contribution in [0.4, 0.5) is 0 Å². The summed E-state index contributed by atoms with van der Waals surface area (Å²) >= 11 is 3.44. The van der Waals surface area contributed by atoms with Crippen LogP contribution >= 0.6 is 15.9 Å². The Morgan fingerprint density at radius 1 is 1.14 bits per heavy atom. The minimum atomic E-state index is -0.580. The van der Waals surface area contributed by atoms with Gasteiger partial charge in [0.25, 0.3) is 0 Å². The van der Waals surface area contributed by atoms with Crippen LogP contribution < -0.4 is 9.47 Å². The van der Waals surface area contributed by atoms with Crippen LogP contribution in [0.3, 0.4) is 0 Å². The van der Waals surface area contributed by atoms with Crippen molar-refractivity contribution in [1.29, 1.82) is 0 Å². The molecule has 0 fully saturated rings. The summed E-state index contributed by atoms with van der Waals surface area (Å²) in [7, 11) is 1.63. The van der Waals surface area contributed by atoms with Gasteiger partial charge in [0.2, 0.25) is 0 Å². The Balaban J connectivity index is 2.13. The van der Waals surface area contributed by atoms with Gasteiger partial charge in [-0.15, -0.1) is 0 Å². The molecule has 0 heterocycles. The molecule has 2 aromatic rings. The third kappa shape index (κ3) is 4.22. The van der Waals surface area contributed by atoms with Gasteiger partial charge in [0.1, 0.15) is 11.5 Å². The van der Waals surface area contributed by atoms with E-state index in [9.17, 15) is 5.11 Å². The van der Waals surface area contributed by atoms with Gasteiger partial charge in [-0.3, -0.25) is 0 Å². The lowest BCUT2D eigenvalue weighted by Gasteiger charge is -2.14. The molecule has 0 radical (unpaired) electrons. The number of hydrogen-bond donors (Lipinski definition) is 1. The average molecular weight is 351 g/mol. The fraction of sp³-hybridized carbons (Fsp3) is 0.294. The van der Waals surface area contributed by atoms with Crippen molar-refractivity contribution >= 4 is 15.9 Å². The van der Waals surface area contributed by atoms with E-state index in [0.717, 1.165) is 27.1 Å². The number of aliphatic hydroxyl groups excluding tert-OH is 1. The molecule has 0 bridgehead atoms. The molecular weight excluding hydrogens is 332 g/mol. The molecule has 2 aromatic carbocycles. The van der Waals surface area contributed by atoms with Crippen molar-refractivity contribution in [2.24, 2.45) is 0 Å². The van der Waals surface area contributed by atoms with Crippen LogP contribution in [0.1, 0.15) is 24.2 Å². The van der Waals surface area contributed by atoms with Crippen molar-refractivity contribution in [3.63, 3.8) is 0 Å². The van der Waals surface area contributed by atoms with E-state index >= 15 is 0 Å². The van der Waals surface area contributed by atoms with Crippen LogP contribution in [0.2, 0.25) is 0 Å². The second kappa shape index (κ2) is 7.48. The molecule has 1 atom stereocenters. The highest BCUT2D eigenvalue weighted by Crippen LogP contribution is 2.28. The molecule has 3 nitrogen and oxygen atoms in total. The van der Waals surface area contributed by atoms with Crippen molar-refractivity contribution in [1.82, 2.24) is 0 Å². The van der Waals surface area contributed by atoms with Gasteiger partial charge >= 0.3 is 0 Å². The van der Waals surface area contributed by atoms with Crippen LogP contribution in [0.25, 0.3) is 0 Å². The number of halogens is 1. The minimum absolute atomic E-state index is 0.497. The van der Waals surface area contributed by atoms with E-state index in [1.807, 2.05) is 49.4 Å². The standard InChI is InChI=1S/C17H19BrO3/c1-3-21-15-7-4-12(5-8-15)16(19)11-13-10-14(18)6-9-17(13)20-2/h4-10,16,19H,3,11H2,1-2H3. The summed E-state index contributed by atoms with van der Waals surface area (Å²) in [5.41, 5.74) is 1.83. The zero-order valence-corrected chi connectivity index (χ0v) is 13.8. The Hall–Kier alpha value is -1.52. The van der Waals surface area contributed by atoms with E-state index < -0.39 is 6.10 Å². The number of hydrogen-bond acceptors (Lipinski definition) is 3. The Kier molecular flexibility index (Phi) is 5.65. The van der Waals surface area contributed by atoms with Crippen molar-refractivity contribution < 1.29 is 14.6 Å². The lowest BCUT2D eigenvalue weighted by Crippen LogP contribution is -2.03. The molecule has 21 heavy (non-hydrogen) atoms. The summed E-state index contributed by atoms with van der Waals surface area (Å²) in [6.07, 6.45) is -0.0831. The summed E-state index contributed by atoms with van der Waals surface area (Å²) in [6.45, 7) is 2.58. The third-order valence-corrected chi connectivity index (χ3v) is 3.72. The molecule has 1 N–H and O–H groups in total. The fourth-order valence-electron chi connectivity index (χ4n) is 2.19. The van der Waals surface area contributed by atoms with E-state index in [1.54, 1.807) is 7.11 Å². The highest BCUT2D eigenvalue weighted by atomic mass is 79.9. The number of aliphatic hydroxyl groups is 1. The van der Waals surface area contributed by atoms with Crippen LogP contribution in [-0.2, 0) is 6.42 Å². The highest BCUT2D eigenvalue weighted by Gasteiger charge is 2.12. The molecule has 0 spiro atoms. The maximum atomic E-state index is 10.4. The number of benzene rings is 2. The van der Waals surface area contributed by atoms with Gasteiger partial charge in [0.15, 0.2) is 0 Å². The van der Waals surface area contributed by atoms with Crippen molar-refractivity contribution in [2.45, 2.75) is 19.4 Å². The highest BCUT2D eigenvalue weighted by molar-refractivity contribution is 9.10. The third-order valence-electron chi connectivity index (χ3n) is 3.23. The van der Waals surface area contributed by atoms with Crippen LogP contribution in [0.15, 0.2) is 46.9 Å². The Bertz CT molecular complexity index is 581. The van der Waals surface area contributed by atoms with Gasteiger partial charge in [-0.25, -0.2) is 0 Å². The first-order valence-corrected chi connectivity index (χ1v) is 7.66. The normalized spacial score (nSPS) is 12.0. The van der Waals surface area contributed by atoms with E-state index in [2.05, 4.69) is 15.9 Å². The molecule has 2 rings (SSSR count). The maximum absolute atomic E-state index is 10.4. The molecular formula is C17H19BrO3.